The summed E-state index contributed by atoms with van der Waals surface area (Å²) in [5.74, 6) is 0.761. The van der Waals surface area contributed by atoms with Crippen LogP contribution in [-0.4, -0.2) is 18.8 Å². The Morgan fingerprint density at radius 3 is 2.56 bits per heavy atom. The van der Waals surface area contributed by atoms with E-state index in [4.69, 9.17) is 14.3 Å². The molecule has 1 heterocycles. The van der Waals surface area contributed by atoms with Gasteiger partial charge in [-0.3, -0.25) is 0 Å². The van der Waals surface area contributed by atoms with Gasteiger partial charge in [0, 0.05) is 5.56 Å². The van der Waals surface area contributed by atoms with Gasteiger partial charge in [0.25, 0.3) is 0 Å². The average molecular weight is 561 g/mol. The van der Waals surface area contributed by atoms with E-state index in [-0.39, 0.29) is 0 Å². The number of carbonyl (C=O) groups excluding carboxylic acids is 1. The highest BCUT2D eigenvalue weighted by molar-refractivity contribution is 14.1. The zero-order valence-electron chi connectivity index (χ0n) is 18.3. The third-order valence-corrected chi connectivity index (χ3v) is 6.36. The monoisotopic (exact) mass is 561 g/mol. The lowest BCUT2D eigenvalue weighted by Crippen LogP contribution is -2.07. The van der Waals surface area contributed by atoms with Crippen LogP contribution in [0.4, 0.5) is 0 Å². The van der Waals surface area contributed by atoms with Crippen LogP contribution in [0.15, 0.2) is 95.7 Å². The minimum Gasteiger partial charge on any atom is -0.493 e. The molecule has 1 aliphatic rings. The number of hydrogen-bond acceptors (Lipinski definition) is 5. The number of fused-ring (bicyclic) bond motifs is 1. The number of methoxy groups -OCH3 is 1. The van der Waals surface area contributed by atoms with Crippen molar-refractivity contribution in [3.8, 4) is 11.5 Å². The van der Waals surface area contributed by atoms with Gasteiger partial charge in [-0.05, 0) is 62.7 Å². The maximum absolute atomic E-state index is 12.4. The smallest absolute Gasteiger partial charge is 0.368 e. The molecule has 0 saturated heterocycles. The van der Waals surface area contributed by atoms with Crippen LogP contribution in [0.25, 0.3) is 16.8 Å². The molecular formula is C28H20INO4. The van der Waals surface area contributed by atoms with Crippen molar-refractivity contribution in [1.29, 1.82) is 0 Å². The molecule has 0 saturated carbocycles. The molecule has 1 aliphatic heterocycles. The van der Waals surface area contributed by atoms with Crippen LogP contribution in [0.2, 0.25) is 0 Å². The summed E-state index contributed by atoms with van der Waals surface area (Å²) in [6.45, 7) is 0.408. The normalized spacial score (nSPS) is 14.2. The topological polar surface area (TPSA) is 57.1 Å². The molecular weight excluding hydrogens is 541 g/mol. The molecule has 0 N–H and O–H groups in total. The van der Waals surface area contributed by atoms with Crippen molar-refractivity contribution >= 4 is 51.1 Å². The minimum atomic E-state index is -0.482. The Bertz CT molecular complexity index is 1440. The van der Waals surface area contributed by atoms with Crippen LogP contribution in [0.3, 0.4) is 0 Å². The molecule has 0 spiro atoms. The second-order valence-corrected chi connectivity index (χ2v) is 8.87. The quantitative estimate of drug-likeness (QED) is 0.156. The summed E-state index contributed by atoms with van der Waals surface area (Å²) >= 11 is 2.22. The van der Waals surface area contributed by atoms with E-state index in [9.17, 15) is 4.79 Å². The number of oxime groups is 1. The Kier molecular flexibility index (Phi) is 6.31. The number of carbonyl (C=O) groups is 1. The SMILES string of the molecule is COc1cc(/C=C2\C(=O)ON=C2c2ccccc2)cc(I)c1OCc1cccc2ccccc12. The maximum Gasteiger partial charge on any atom is 0.368 e. The van der Waals surface area contributed by atoms with Gasteiger partial charge in [0.05, 0.1) is 16.3 Å². The Hall–Kier alpha value is -3.65. The maximum atomic E-state index is 12.4. The van der Waals surface area contributed by atoms with Gasteiger partial charge in [0.2, 0.25) is 0 Å². The molecule has 0 aliphatic carbocycles. The molecule has 6 heteroatoms. The highest BCUT2D eigenvalue weighted by Crippen LogP contribution is 2.36. The van der Waals surface area contributed by atoms with E-state index in [1.165, 1.54) is 5.39 Å². The number of halogens is 1. The summed E-state index contributed by atoms with van der Waals surface area (Å²) in [5, 5.41) is 6.31. The van der Waals surface area contributed by atoms with E-state index in [0.29, 0.717) is 29.4 Å². The van der Waals surface area contributed by atoms with E-state index in [0.717, 1.165) is 25.6 Å². The van der Waals surface area contributed by atoms with Gasteiger partial charge in [-0.2, -0.15) is 0 Å². The third-order valence-electron chi connectivity index (χ3n) is 5.56. The first-order chi connectivity index (χ1) is 16.6. The standard InChI is InChI=1S/C28H20INO4/c1-32-25-16-18(14-23-26(30-34-28(23)31)20-9-3-2-4-10-20)15-24(29)27(25)33-17-21-12-7-11-19-8-5-6-13-22(19)21/h2-16H,17H2,1H3/b23-14-. The zero-order valence-corrected chi connectivity index (χ0v) is 20.5. The second kappa shape index (κ2) is 9.69. The second-order valence-electron chi connectivity index (χ2n) is 7.70. The lowest BCUT2D eigenvalue weighted by atomic mass is 10.0. The van der Waals surface area contributed by atoms with E-state index in [1.807, 2.05) is 60.7 Å². The van der Waals surface area contributed by atoms with Crippen molar-refractivity contribution in [3.05, 3.63) is 111 Å². The first-order valence-corrected chi connectivity index (χ1v) is 11.8. The fourth-order valence-corrected chi connectivity index (χ4v) is 4.69. The van der Waals surface area contributed by atoms with E-state index < -0.39 is 5.97 Å². The van der Waals surface area contributed by atoms with Crippen LogP contribution in [-0.2, 0) is 16.2 Å². The number of nitrogens with zero attached hydrogens (tertiary/aromatic N) is 1. The molecule has 4 aromatic rings. The Morgan fingerprint density at radius 1 is 0.971 bits per heavy atom. The Morgan fingerprint density at radius 2 is 1.74 bits per heavy atom. The summed E-state index contributed by atoms with van der Waals surface area (Å²) in [7, 11) is 1.60. The van der Waals surface area contributed by atoms with Crippen LogP contribution < -0.4 is 9.47 Å². The summed E-state index contributed by atoms with van der Waals surface area (Å²) in [6.07, 6.45) is 1.76. The molecule has 168 valence electrons. The van der Waals surface area contributed by atoms with Crippen LogP contribution in [0, 0.1) is 3.57 Å². The van der Waals surface area contributed by atoms with Gasteiger partial charge in [0.1, 0.15) is 12.3 Å². The van der Waals surface area contributed by atoms with Gasteiger partial charge >= 0.3 is 5.97 Å². The van der Waals surface area contributed by atoms with Gasteiger partial charge in [-0.1, -0.05) is 78.0 Å². The highest BCUT2D eigenvalue weighted by atomic mass is 127. The largest absolute Gasteiger partial charge is 0.493 e. The average Bonchev–Trinajstić information content (AvgIpc) is 3.23. The highest BCUT2D eigenvalue weighted by Gasteiger charge is 2.27. The molecule has 0 bridgehead atoms. The molecule has 5 rings (SSSR count). The molecule has 4 aromatic carbocycles. The molecule has 5 nitrogen and oxygen atoms in total. The van der Waals surface area contributed by atoms with Gasteiger partial charge in [-0.15, -0.1) is 0 Å². The fourth-order valence-electron chi connectivity index (χ4n) is 3.91. The Balaban J connectivity index is 1.45. The number of benzene rings is 4. The van der Waals surface area contributed by atoms with Crippen molar-refractivity contribution < 1.29 is 19.1 Å². The van der Waals surface area contributed by atoms with Crippen molar-refractivity contribution in [2.24, 2.45) is 5.16 Å². The minimum absolute atomic E-state index is 0.397. The molecule has 0 amide bonds. The van der Waals surface area contributed by atoms with E-state index in [1.54, 1.807) is 13.2 Å². The van der Waals surface area contributed by atoms with Crippen LogP contribution >= 0.6 is 22.6 Å². The van der Waals surface area contributed by atoms with Crippen LogP contribution in [0.5, 0.6) is 11.5 Å². The first-order valence-electron chi connectivity index (χ1n) is 10.7. The first kappa shape index (κ1) is 22.2. The summed E-state index contributed by atoms with van der Waals surface area (Å²) in [5.41, 5.74) is 3.61. The zero-order chi connectivity index (χ0) is 23.5. The fraction of sp³-hybridized carbons (Fsp3) is 0.0714. The molecule has 34 heavy (non-hydrogen) atoms. The summed E-state index contributed by atoms with van der Waals surface area (Å²) in [4.78, 5) is 17.3. The van der Waals surface area contributed by atoms with Crippen molar-refractivity contribution in [2.75, 3.05) is 7.11 Å². The van der Waals surface area contributed by atoms with E-state index in [2.05, 4.69) is 52.0 Å². The van der Waals surface area contributed by atoms with Crippen molar-refractivity contribution in [1.82, 2.24) is 0 Å². The van der Waals surface area contributed by atoms with Gasteiger partial charge in [0.15, 0.2) is 11.5 Å². The van der Waals surface area contributed by atoms with E-state index >= 15 is 0 Å². The molecule has 0 aromatic heterocycles. The van der Waals surface area contributed by atoms with Gasteiger partial charge in [-0.25, -0.2) is 4.79 Å². The lowest BCUT2D eigenvalue weighted by molar-refractivity contribution is -0.136. The predicted molar refractivity (Wildman–Crippen MR) is 141 cm³/mol. The molecule has 0 radical (unpaired) electrons. The molecule has 0 unspecified atom stereocenters. The molecule has 0 fully saturated rings. The lowest BCUT2D eigenvalue weighted by Gasteiger charge is -2.15. The number of ether oxygens (including phenoxy) is 2. The summed E-state index contributed by atoms with van der Waals surface area (Å²) < 4.78 is 12.7. The van der Waals surface area contributed by atoms with Crippen molar-refractivity contribution in [3.63, 3.8) is 0 Å². The third kappa shape index (κ3) is 4.41. The number of rotatable bonds is 6. The van der Waals surface area contributed by atoms with Gasteiger partial charge < -0.3 is 14.3 Å². The van der Waals surface area contributed by atoms with Crippen molar-refractivity contribution in [2.45, 2.75) is 6.61 Å². The van der Waals surface area contributed by atoms with Crippen LogP contribution in [0.1, 0.15) is 16.7 Å². The summed E-state index contributed by atoms with van der Waals surface area (Å²) in [6, 6.07) is 27.7. The predicted octanol–water partition coefficient (Wildman–Crippen LogP) is 6.38. The Labute approximate surface area is 210 Å². The number of hydrogen-bond donors (Lipinski definition) is 0. The molecule has 0 atom stereocenters.